The first-order valence-electron chi connectivity index (χ1n) is 9.75. The van der Waals surface area contributed by atoms with E-state index in [1.807, 2.05) is 78.0 Å². The number of rotatable bonds is 6. The molecule has 0 fully saturated rings. The topological polar surface area (TPSA) is 81.3 Å². The van der Waals surface area contributed by atoms with E-state index in [0.717, 1.165) is 28.1 Å². The highest BCUT2D eigenvalue weighted by Crippen LogP contribution is 2.28. The zero-order chi connectivity index (χ0) is 21.8. The summed E-state index contributed by atoms with van der Waals surface area (Å²) < 4.78 is 5.41. The lowest BCUT2D eigenvalue weighted by atomic mass is 9.98. The number of nitrogens with two attached hydrogens (primary N) is 1. The average Bonchev–Trinajstić information content (AvgIpc) is 2.60. The van der Waals surface area contributed by atoms with Crippen LogP contribution >= 0.6 is 0 Å². The number of carbonyl (C=O) groups excluding carboxylic acids is 1. The summed E-state index contributed by atoms with van der Waals surface area (Å²) in [6.45, 7) is 9.60. The smallest absolute Gasteiger partial charge is 0.306 e. The molecule has 0 aliphatic rings. The molecule has 0 aliphatic carbocycles. The van der Waals surface area contributed by atoms with E-state index >= 15 is 0 Å². The molecule has 156 valence electrons. The van der Waals surface area contributed by atoms with E-state index in [9.17, 15) is 4.79 Å². The van der Waals surface area contributed by atoms with Gasteiger partial charge in [-0.3, -0.25) is 14.8 Å². The molecule has 0 saturated carbocycles. The molecule has 0 amide bonds. The minimum atomic E-state index is -0.477. The zero-order valence-corrected chi connectivity index (χ0v) is 18.5. The fourth-order valence-corrected chi connectivity index (χ4v) is 3.00. The van der Waals surface area contributed by atoms with Crippen LogP contribution in [0, 0.1) is 5.92 Å². The van der Waals surface area contributed by atoms with E-state index in [0.29, 0.717) is 12.1 Å². The summed E-state index contributed by atoms with van der Waals surface area (Å²) in [5.74, 6) is -0.177. The predicted octanol–water partition coefficient (Wildman–Crippen LogP) is 4.56. The number of esters is 1. The van der Waals surface area contributed by atoms with Gasteiger partial charge in [0, 0.05) is 31.4 Å². The molecule has 2 N–H and O–H groups in total. The van der Waals surface area contributed by atoms with Crippen molar-refractivity contribution >= 4 is 22.9 Å². The van der Waals surface area contributed by atoms with E-state index in [1.165, 1.54) is 0 Å². The van der Waals surface area contributed by atoms with Crippen molar-refractivity contribution in [3.8, 4) is 11.3 Å². The van der Waals surface area contributed by atoms with Gasteiger partial charge >= 0.3 is 5.97 Å². The zero-order valence-electron chi connectivity index (χ0n) is 18.5. The molecule has 29 heavy (non-hydrogen) atoms. The summed E-state index contributed by atoms with van der Waals surface area (Å²) in [5.41, 5.74) is 10.9. The predicted molar refractivity (Wildman–Crippen MR) is 119 cm³/mol. The molecule has 0 radical (unpaired) electrons. The van der Waals surface area contributed by atoms with Gasteiger partial charge in [0.05, 0.1) is 35.9 Å². The Hall–Kier alpha value is -2.89. The Morgan fingerprint density at radius 1 is 1.24 bits per heavy atom. The maximum Gasteiger partial charge on any atom is 0.306 e. The Labute approximate surface area is 173 Å². The Kier molecular flexibility index (Phi) is 7.01. The van der Waals surface area contributed by atoms with Crippen LogP contribution in [0.15, 0.2) is 36.8 Å². The number of pyridine rings is 2. The molecule has 6 heteroatoms. The van der Waals surface area contributed by atoms with E-state index in [4.69, 9.17) is 10.5 Å². The van der Waals surface area contributed by atoms with E-state index in [1.54, 1.807) is 12.4 Å². The molecule has 6 nitrogen and oxygen atoms in total. The number of hydrogen-bond acceptors (Lipinski definition) is 6. The lowest BCUT2D eigenvalue weighted by Crippen LogP contribution is -2.24. The Bertz CT molecular complexity index is 898. The summed E-state index contributed by atoms with van der Waals surface area (Å²) in [6.07, 6.45) is 7.64. The quantitative estimate of drug-likeness (QED) is 0.721. The maximum absolute atomic E-state index is 12.1. The summed E-state index contributed by atoms with van der Waals surface area (Å²) in [7, 11) is 3.95. The van der Waals surface area contributed by atoms with Crippen molar-refractivity contribution in [2.24, 2.45) is 5.92 Å². The van der Waals surface area contributed by atoms with Crippen LogP contribution in [-0.2, 0) is 9.53 Å². The van der Waals surface area contributed by atoms with Crippen LogP contribution in [0.1, 0.15) is 46.6 Å². The lowest BCUT2D eigenvalue weighted by molar-refractivity contribution is -0.155. The van der Waals surface area contributed by atoms with Gasteiger partial charge in [0.15, 0.2) is 0 Å². The van der Waals surface area contributed by atoms with Gasteiger partial charge < -0.3 is 15.4 Å². The highest BCUT2D eigenvalue weighted by atomic mass is 16.6. The van der Waals surface area contributed by atoms with Crippen LogP contribution in [0.3, 0.4) is 0 Å². The summed E-state index contributed by atoms with van der Waals surface area (Å²) in [6, 6.07) is 4.01. The molecule has 0 spiro atoms. The third-order valence-corrected chi connectivity index (χ3v) is 4.34. The fourth-order valence-electron chi connectivity index (χ4n) is 3.00. The standard InChI is InChI=1S/C23H32N4O2/c1-15(9-22(28)29-23(3,4)5)8-16(2)19-11-21(26-14-20(19)24)17-10-18(27(6)7)13-25-12-17/h8,10-15H,9,24H2,1-7H3/b16-8-. The Balaban J connectivity index is 2.25. The molecular weight excluding hydrogens is 364 g/mol. The monoisotopic (exact) mass is 396 g/mol. The summed E-state index contributed by atoms with van der Waals surface area (Å²) in [5, 5.41) is 0. The van der Waals surface area contributed by atoms with Crippen molar-refractivity contribution in [2.45, 2.75) is 46.6 Å². The van der Waals surface area contributed by atoms with Gasteiger partial charge in [-0.1, -0.05) is 13.0 Å². The first kappa shape index (κ1) is 22.4. The largest absolute Gasteiger partial charge is 0.460 e. The Morgan fingerprint density at radius 3 is 2.55 bits per heavy atom. The second-order valence-corrected chi connectivity index (χ2v) is 8.60. The fraction of sp³-hybridized carbons (Fsp3) is 0.435. The third kappa shape index (κ3) is 6.59. The van der Waals surface area contributed by atoms with E-state index in [-0.39, 0.29) is 11.9 Å². The van der Waals surface area contributed by atoms with Crippen molar-refractivity contribution in [1.82, 2.24) is 9.97 Å². The van der Waals surface area contributed by atoms with Crippen LogP contribution in [0.2, 0.25) is 0 Å². The van der Waals surface area contributed by atoms with E-state index < -0.39 is 5.60 Å². The average molecular weight is 397 g/mol. The first-order valence-corrected chi connectivity index (χ1v) is 9.75. The number of aromatic nitrogens is 2. The lowest BCUT2D eigenvalue weighted by Gasteiger charge is -2.20. The van der Waals surface area contributed by atoms with Crippen molar-refractivity contribution in [3.05, 3.63) is 42.4 Å². The molecule has 2 aromatic rings. The number of allylic oxidation sites excluding steroid dienone is 2. The second-order valence-electron chi connectivity index (χ2n) is 8.60. The number of anilines is 2. The summed E-state index contributed by atoms with van der Waals surface area (Å²) >= 11 is 0. The number of ether oxygens (including phenoxy) is 1. The number of carbonyl (C=O) groups is 1. The summed E-state index contributed by atoms with van der Waals surface area (Å²) in [4.78, 5) is 22.9. The number of nitrogen functional groups attached to an aromatic ring is 1. The maximum atomic E-state index is 12.1. The normalized spacial score (nSPS) is 13.1. The van der Waals surface area contributed by atoms with Gasteiger partial charge in [0.25, 0.3) is 0 Å². The van der Waals surface area contributed by atoms with Gasteiger partial charge in [0.1, 0.15) is 5.60 Å². The third-order valence-electron chi connectivity index (χ3n) is 4.34. The molecule has 1 atom stereocenters. The van der Waals surface area contributed by atoms with Gasteiger partial charge in [0.2, 0.25) is 0 Å². The minimum absolute atomic E-state index is 0.0274. The molecule has 0 aliphatic heterocycles. The van der Waals surface area contributed by atoms with E-state index in [2.05, 4.69) is 9.97 Å². The molecule has 0 aromatic carbocycles. The molecule has 0 saturated heterocycles. The van der Waals surface area contributed by atoms with Crippen LogP contribution < -0.4 is 10.6 Å². The second kappa shape index (κ2) is 9.07. The molecular formula is C23H32N4O2. The van der Waals surface area contributed by atoms with Crippen molar-refractivity contribution in [1.29, 1.82) is 0 Å². The molecule has 2 aromatic heterocycles. The highest BCUT2D eigenvalue weighted by molar-refractivity contribution is 5.78. The van der Waals surface area contributed by atoms with Gasteiger partial charge in [-0.25, -0.2) is 0 Å². The minimum Gasteiger partial charge on any atom is -0.460 e. The van der Waals surface area contributed by atoms with Crippen LogP contribution in [0.5, 0.6) is 0 Å². The molecule has 2 heterocycles. The van der Waals surface area contributed by atoms with Gasteiger partial charge in [-0.15, -0.1) is 0 Å². The van der Waals surface area contributed by atoms with Crippen LogP contribution in [0.4, 0.5) is 11.4 Å². The van der Waals surface area contributed by atoms with Crippen molar-refractivity contribution in [3.63, 3.8) is 0 Å². The van der Waals surface area contributed by atoms with Crippen molar-refractivity contribution < 1.29 is 9.53 Å². The molecule has 0 bridgehead atoms. The van der Waals surface area contributed by atoms with Crippen molar-refractivity contribution in [2.75, 3.05) is 24.7 Å². The number of nitrogens with zero attached hydrogens (tertiary/aromatic N) is 3. The van der Waals surface area contributed by atoms with Gasteiger partial charge in [-0.05, 0) is 51.3 Å². The van der Waals surface area contributed by atoms with Crippen LogP contribution in [0.25, 0.3) is 16.8 Å². The van der Waals surface area contributed by atoms with Gasteiger partial charge in [-0.2, -0.15) is 0 Å². The number of hydrogen-bond donors (Lipinski definition) is 1. The SMILES string of the molecule is C/C(=C/C(C)CC(=O)OC(C)(C)C)c1cc(-c2cncc(N(C)C)c2)ncc1N. The van der Waals surface area contributed by atoms with Crippen LogP contribution in [-0.4, -0.2) is 35.6 Å². The molecule has 1 unspecified atom stereocenters. The Morgan fingerprint density at radius 2 is 1.93 bits per heavy atom. The highest BCUT2D eigenvalue weighted by Gasteiger charge is 2.18. The molecule has 2 rings (SSSR count). The first-order chi connectivity index (χ1) is 13.5.